The second-order valence-corrected chi connectivity index (χ2v) is 4.93. The van der Waals surface area contributed by atoms with Gasteiger partial charge in [-0.05, 0) is 46.3 Å². The molecule has 0 aromatic heterocycles. The third-order valence-corrected chi connectivity index (χ3v) is 3.38. The molecule has 0 aliphatic carbocycles. The van der Waals surface area contributed by atoms with Crippen LogP contribution >= 0.6 is 27.5 Å². The van der Waals surface area contributed by atoms with E-state index in [2.05, 4.69) is 21.2 Å². The SMILES string of the molecule is Nc1ccc(Cl)c(NC(=O)c2ccccc2Br)c1. The van der Waals surface area contributed by atoms with Crippen molar-refractivity contribution in [2.75, 3.05) is 11.1 Å². The van der Waals surface area contributed by atoms with Gasteiger partial charge in [0.1, 0.15) is 0 Å². The van der Waals surface area contributed by atoms with Gasteiger partial charge in [-0.15, -0.1) is 0 Å². The minimum absolute atomic E-state index is 0.241. The molecular weight excluding hydrogens is 316 g/mol. The number of nitrogen functional groups attached to an aromatic ring is 1. The van der Waals surface area contributed by atoms with Gasteiger partial charge < -0.3 is 11.1 Å². The molecule has 2 aromatic rings. The first-order valence-electron chi connectivity index (χ1n) is 5.19. The van der Waals surface area contributed by atoms with Crippen LogP contribution in [0.3, 0.4) is 0 Å². The molecule has 3 nitrogen and oxygen atoms in total. The molecule has 2 rings (SSSR count). The van der Waals surface area contributed by atoms with Crippen LogP contribution in [0.25, 0.3) is 0 Å². The molecule has 5 heteroatoms. The maximum atomic E-state index is 12.1. The van der Waals surface area contributed by atoms with Crippen molar-refractivity contribution in [3.8, 4) is 0 Å². The lowest BCUT2D eigenvalue weighted by atomic mass is 10.2. The van der Waals surface area contributed by atoms with Gasteiger partial charge in [0.15, 0.2) is 0 Å². The molecule has 0 heterocycles. The lowest BCUT2D eigenvalue weighted by molar-refractivity contribution is 0.102. The number of carbonyl (C=O) groups excluding carboxylic acids is 1. The van der Waals surface area contributed by atoms with E-state index >= 15 is 0 Å². The van der Waals surface area contributed by atoms with Gasteiger partial charge in [0, 0.05) is 10.2 Å². The molecular formula is C13H10BrClN2O. The zero-order valence-corrected chi connectivity index (χ0v) is 11.6. The summed E-state index contributed by atoms with van der Waals surface area (Å²) in [5, 5.41) is 3.18. The molecule has 0 spiro atoms. The maximum Gasteiger partial charge on any atom is 0.256 e. The highest BCUT2D eigenvalue weighted by atomic mass is 79.9. The Hall–Kier alpha value is -1.52. The number of nitrogens with one attached hydrogen (secondary N) is 1. The van der Waals surface area contributed by atoms with Crippen molar-refractivity contribution in [3.63, 3.8) is 0 Å². The van der Waals surface area contributed by atoms with Crippen molar-refractivity contribution in [3.05, 3.63) is 57.5 Å². The highest BCUT2D eigenvalue weighted by molar-refractivity contribution is 9.10. The van der Waals surface area contributed by atoms with Crippen molar-refractivity contribution in [1.29, 1.82) is 0 Å². The number of nitrogens with two attached hydrogens (primary N) is 1. The second kappa shape index (κ2) is 5.42. The molecule has 0 bridgehead atoms. The number of rotatable bonds is 2. The molecule has 0 atom stereocenters. The van der Waals surface area contributed by atoms with Crippen molar-refractivity contribution in [2.45, 2.75) is 0 Å². The van der Waals surface area contributed by atoms with Gasteiger partial charge in [0.05, 0.1) is 16.3 Å². The first kappa shape index (κ1) is 12.9. The van der Waals surface area contributed by atoms with Gasteiger partial charge in [0.25, 0.3) is 5.91 Å². The minimum atomic E-state index is -0.241. The van der Waals surface area contributed by atoms with Crippen LogP contribution < -0.4 is 11.1 Å². The Labute approximate surface area is 118 Å². The highest BCUT2D eigenvalue weighted by Gasteiger charge is 2.11. The summed E-state index contributed by atoms with van der Waals surface area (Å²) in [6.45, 7) is 0. The van der Waals surface area contributed by atoms with E-state index in [1.165, 1.54) is 0 Å². The fourth-order valence-electron chi connectivity index (χ4n) is 1.47. The number of benzene rings is 2. The molecule has 0 aliphatic heterocycles. The van der Waals surface area contributed by atoms with Crippen molar-refractivity contribution >= 4 is 44.8 Å². The van der Waals surface area contributed by atoms with E-state index in [0.717, 1.165) is 4.47 Å². The molecule has 3 N–H and O–H groups in total. The Morgan fingerprint density at radius 1 is 1.22 bits per heavy atom. The van der Waals surface area contributed by atoms with E-state index in [1.807, 2.05) is 6.07 Å². The van der Waals surface area contributed by atoms with E-state index in [1.54, 1.807) is 36.4 Å². The third kappa shape index (κ3) is 2.83. The predicted molar refractivity (Wildman–Crippen MR) is 78.0 cm³/mol. The Morgan fingerprint density at radius 3 is 2.67 bits per heavy atom. The van der Waals surface area contributed by atoms with Crippen molar-refractivity contribution < 1.29 is 4.79 Å². The molecule has 2 aromatic carbocycles. The average molecular weight is 326 g/mol. The van der Waals surface area contributed by atoms with E-state index in [9.17, 15) is 4.79 Å². The van der Waals surface area contributed by atoms with Crippen LogP contribution in [0.2, 0.25) is 5.02 Å². The van der Waals surface area contributed by atoms with E-state index < -0.39 is 0 Å². The molecule has 0 fully saturated rings. The molecule has 1 amide bonds. The largest absolute Gasteiger partial charge is 0.399 e. The van der Waals surface area contributed by atoms with E-state index in [4.69, 9.17) is 17.3 Å². The van der Waals surface area contributed by atoms with Gasteiger partial charge in [-0.1, -0.05) is 23.7 Å². The summed E-state index contributed by atoms with van der Waals surface area (Å²) in [5.41, 5.74) is 7.23. The summed E-state index contributed by atoms with van der Waals surface area (Å²) in [6.07, 6.45) is 0. The molecule has 0 radical (unpaired) electrons. The van der Waals surface area contributed by atoms with Crippen molar-refractivity contribution in [2.24, 2.45) is 0 Å². The summed E-state index contributed by atoms with van der Waals surface area (Å²) in [4.78, 5) is 12.1. The van der Waals surface area contributed by atoms with E-state index in [-0.39, 0.29) is 5.91 Å². The highest BCUT2D eigenvalue weighted by Crippen LogP contribution is 2.25. The van der Waals surface area contributed by atoms with Gasteiger partial charge >= 0.3 is 0 Å². The summed E-state index contributed by atoms with van der Waals surface area (Å²) in [5.74, 6) is -0.241. The second-order valence-electron chi connectivity index (χ2n) is 3.67. The number of amides is 1. The first-order chi connectivity index (χ1) is 8.58. The minimum Gasteiger partial charge on any atom is -0.399 e. The Kier molecular flexibility index (Phi) is 3.89. The van der Waals surface area contributed by atoms with Gasteiger partial charge in [-0.2, -0.15) is 0 Å². The van der Waals surface area contributed by atoms with Gasteiger partial charge in [-0.3, -0.25) is 4.79 Å². The monoisotopic (exact) mass is 324 g/mol. The zero-order chi connectivity index (χ0) is 13.1. The molecule has 0 aliphatic rings. The van der Waals surface area contributed by atoms with Crippen LogP contribution in [-0.4, -0.2) is 5.91 Å². The van der Waals surface area contributed by atoms with Crippen LogP contribution in [-0.2, 0) is 0 Å². The molecule has 0 saturated carbocycles. The average Bonchev–Trinajstić information content (AvgIpc) is 2.34. The number of hydrogen-bond acceptors (Lipinski definition) is 2. The van der Waals surface area contributed by atoms with Crippen LogP contribution in [0.1, 0.15) is 10.4 Å². The van der Waals surface area contributed by atoms with Crippen LogP contribution in [0.4, 0.5) is 11.4 Å². The molecule has 92 valence electrons. The fraction of sp³-hybridized carbons (Fsp3) is 0. The molecule has 0 unspecified atom stereocenters. The Balaban J connectivity index is 2.27. The third-order valence-electron chi connectivity index (χ3n) is 2.36. The Morgan fingerprint density at radius 2 is 1.94 bits per heavy atom. The zero-order valence-electron chi connectivity index (χ0n) is 9.28. The standard InChI is InChI=1S/C13H10BrClN2O/c14-10-4-2-1-3-9(10)13(18)17-12-7-8(16)5-6-11(12)15/h1-7H,16H2,(H,17,18). The predicted octanol–water partition coefficient (Wildman–Crippen LogP) is 3.94. The number of halogens is 2. The smallest absolute Gasteiger partial charge is 0.256 e. The molecule has 18 heavy (non-hydrogen) atoms. The summed E-state index contributed by atoms with van der Waals surface area (Å²) in [7, 11) is 0. The summed E-state index contributed by atoms with van der Waals surface area (Å²) >= 11 is 9.31. The van der Waals surface area contributed by atoms with Crippen molar-refractivity contribution in [1.82, 2.24) is 0 Å². The van der Waals surface area contributed by atoms with E-state index in [0.29, 0.717) is 22.0 Å². The van der Waals surface area contributed by atoms with Crippen LogP contribution in [0.5, 0.6) is 0 Å². The number of hydrogen-bond donors (Lipinski definition) is 2. The summed E-state index contributed by atoms with van der Waals surface area (Å²) in [6, 6.07) is 12.1. The maximum absolute atomic E-state index is 12.1. The number of anilines is 2. The lowest BCUT2D eigenvalue weighted by Gasteiger charge is -2.09. The van der Waals surface area contributed by atoms with Gasteiger partial charge in [-0.25, -0.2) is 0 Å². The van der Waals surface area contributed by atoms with Crippen LogP contribution in [0, 0.1) is 0 Å². The number of carbonyl (C=O) groups is 1. The summed E-state index contributed by atoms with van der Waals surface area (Å²) < 4.78 is 0.725. The first-order valence-corrected chi connectivity index (χ1v) is 6.36. The topological polar surface area (TPSA) is 55.1 Å². The Bertz CT molecular complexity index is 601. The normalized spacial score (nSPS) is 10.1. The lowest BCUT2D eigenvalue weighted by Crippen LogP contribution is -2.13. The van der Waals surface area contributed by atoms with Gasteiger partial charge in [0.2, 0.25) is 0 Å². The van der Waals surface area contributed by atoms with Crippen LogP contribution in [0.15, 0.2) is 46.9 Å². The molecule has 0 saturated heterocycles. The quantitative estimate of drug-likeness (QED) is 0.822. The fourth-order valence-corrected chi connectivity index (χ4v) is 2.10.